The molecule has 0 amide bonds. The molecule has 2 aromatic rings. The van der Waals surface area contributed by atoms with Gasteiger partial charge in [0.25, 0.3) is 0 Å². The first-order chi connectivity index (χ1) is 12.6. The van der Waals surface area contributed by atoms with Crippen molar-refractivity contribution in [1.82, 2.24) is 0 Å². The first-order valence-electron chi connectivity index (χ1n) is 9.22. The van der Waals surface area contributed by atoms with Gasteiger partial charge < -0.3 is 9.47 Å². The molecule has 26 heavy (non-hydrogen) atoms. The van der Waals surface area contributed by atoms with Crippen molar-refractivity contribution in [2.75, 3.05) is 6.61 Å². The number of fused-ring (bicyclic) bond motifs is 3. The zero-order chi connectivity index (χ0) is 17.7. The quantitative estimate of drug-likeness (QED) is 0.833. The number of hydrogen-bond acceptors (Lipinski definition) is 4. The molecule has 2 aromatic carbocycles. The van der Waals surface area contributed by atoms with Gasteiger partial charge in [0.05, 0.1) is 0 Å². The summed E-state index contributed by atoms with van der Waals surface area (Å²) < 4.78 is 12.3. The maximum atomic E-state index is 6.28. The Balaban J connectivity index is 1.42. The molecule has 1 aliphatic carbocycles. The summed E-state index contributed by atoms with van der Waals surface area (Å²) in [5, 5.41) is 0. The van der Waals surface area contributed by atoms with Crippen LogP contribution < -0.4 is 0 Å². The second-order valence-electron chi connectivity index (χ2n) is 7.74. The molecule has 0 saturated heterocycles. The highest BCUT2D eigenvalue weighted by Crippen LogP contribution is 2.43. The molecule has 0 spiro atoms. The van der Waals surface area contributed by atoms with Crippen LogP contribution in [0.3, 0.4) is 0 Å². The van der Waals surface area contributed by atoms with Crippen LogP contribution in [0.2, 0.25) is 0 Å². The average Bonchev–Trinajstić information content (AvgIpc) is 3.37. The van der Waals surface area contributed by atoms with Gasteiger partial charge in [-0.3, -0.25) is 0 Å². The molecule has 0 radical (unpaired) electrons. The molecule has 3 unspecified atom stereocenters. The lowest BCUT2D eigenvalue weighted by molar-refractivity contribution is 0.186. The van der Waals surface area contributed by atoms with Crippen molar-refractivity contribution in [3.8, 4) is 0 Å². The van der Waals surface area contributed by atoms with Gasteiger partial charge in [-0.25, -0.2) is 9.98 Å². The Morgan fingerprint density at radius 3 is 2.54 bits per heavy atom. The zero-order valence-electron chi connectivity index (χ0n) is 15.1. The van der Waals surface area contributed by atoms with Crippen LogP contribution in [-0.4, -0.2) is 24.5 Å². The predicted molar refractivity (Wildman–Crippen MR) is 102 cm³/mol. The van der Waals surface area contributed by atoms with Gasteiger partial charge in [0.15, 0.2) is 11.8 Å². The molecule has 0 N–H and O–H groups in total. The molecule has 0 aromatic heterocycles. The maximum absolute atomic E-state index is 6.28. The normalized spacial score (nSPS) is 26.5. The number of rotatable bonds is 3. The minimum atomic E-state index is -0.456. The molecule has 0 fully saturated rings. The highest BCUT2D eigenvalue weighted by molar-refractivity contribution is 6.05. The Hall–Kier alpha value is -2.62. The lowest BCUT2D eigenvalue weighted by atomic mass is 9.92. The number of hydrogen-bond donors (Lipinski definition) is 0. The van der Waals surface area contributed by atoms with Crippen LogP contribution in [0.1, 0.15) is 42.6 Å². The van der Waals surface area contributed by atoms with Gasteiger partial charge >= 0.3 is 0 Å². The van der Waals surface area contributed by atoms with Crippen LogP contribution in [0.15, 0.2) is 64.6 Å². The predicted octanol–water partition coefficient (Wildman–Crippen LogP) is 4.28. The number of ether oxygens (including phenoxy) is 2. The van der Waals surface area contributed by atoms with Gasteiger partial charge in [0.2, 0.25) is 0 Å². The van der Waals surface area contributed by atoms with Crippen molar-refractivity contribution in [2.45, 2.75) is 38.5 Å². The van der Waals surface area contributed by atoms with Crippen molar-refractivity contribution in [2.24, 2.45) is 15.4 Å². The van der Waals surface area contributed by atoms with E-state index in [1.165, 1.54) is 16.7 Å². The minimum absolute atomic E-state index is 0.0488. The summed E-state index contributed by atoms with van der Waals surface area (Å²) in [6.45, 7) is 4.75. The van der Waals surface area contributed by atoms with E-state index in [1.807, 2.05) is 18.2 Å². The van der Waals surface area contributed by atoms with Crippen molar-refractivity contribution >= 4 is 11.8 Å². The third-order valence-electron chi connectivity index (χ3n) is 5.57. The summed E-state index contributed by atoms with van der Waals surface area (Å²) in [5.74, 6) is 1.47. The van der Waals surface area contributed by atoms with E-state index in [4.69, 9.17) is 19.5 Å². The van der Waals surface area contributed by atoms with Crippen molar-refractivity contribution in [3.63, 3.8) is 0 Å². The average molecular weight is 346 g/mol. The molecule has 3 atom stereocenters. The molecule has 2 heterocycles. The van der Waals surface area contributed by atoms with Gasteiger partial charge in [0, 0.05) is 6.42 Å². The summed E-state index contributed by atoms with van der Waals surface area (Å²) in [7, 11) is 0. The fourth-order valence-corrected chi connectivity index (χ4v) is 4.06. The SMILES string of the molecule is CC(C)(C1=NC(c2ccccc2)CO1)C1=NC2c3ccccc3CC2O1. The van der Waals surface area contributed by atoms with Crippen LogP contribution >= 0.6 is 0 Å². The van der Waals surface area contributed by atoms with Crippen molar-refractivity contribution in [3.05, 3.63) is 71.3 Å². The lowest BCUT2D eigenvalue weighted by Crippen LogP contribution is -2.35. The summed E-state index contributed by atoms with van der Waals surface area (Å²) in [4.78, 5) is 9.79. The zero-order valence-corrected chi connectivity index (χ0v) is 15.1. The Kier molecular flexibility index (Phi) is 3.42. The van der Waals surface area contributed by atoms with Gasteiger partial charge in [-0.2, -0.15) is 0 Å². The Bertz CT molecular complexity index is 901. The van der Waals surface area contributed by atoms with Crippen molar-refractivity contribution < 1.29 is 9.47 Å². The largest absolute Gasteiger partial charge is 0.478 e. The van der Waals surface area contributed by atoms with E-state index in [2.05, 4.69) is 50.2 Å². The third-order valence-corrected chi connectivity index (χ3v) is 5.57. The topological polar surface area (TPSA) is 43.2 Å². The third kappa shape index (κ3) is 2.36. The summed E-state index contributed by atoms with van der Waals surface area (Å²) in [6, 6.07) is 18.9. The molecular weight excluding hydrogens is 324 g/mol. The fraction of sp³-hybridized carbons (Fsp3) is 0.364. The molecule has 132 valence electrons. The van der Waals surface area contributed by atoms with E-state index >= 15 is 0 Å². The summed E-state index contributed by atoms with van der Waals surface area (Å²) in [6.07, 6.45) is 1.03. The number of aliphatic imine (C=N–C) groups is 2. The molecule has 4 heteroatoms. The van der Waals surface area contributed by atoms with E-state index in [1.54, 1.807) is 0 Å². The number of benzene rings is 2. The van der Waals surface area contributed by atoms with Gasteiger partial charge in [-0.15, -0.1) is 0 Å². The standard InChI is InChI=1S/C22H22N2O2/c1-22(2,20-23-17(13-25-20)14-8-4-3-5-9-14)21-24-19-16-11-7-6-10-15(16)12-18(19)26-21/h3-11,17-19H,12-13H2,1-2H3. The van der Waals surface area contributed by atoms with Gasteiger partial charge in [-0.05, 0) is 30.5 Å². The molecule has 0 bridgehead atoms. The summed E-state index contributed by atoms with van der Waals surface area (Å²) in [5.41, 5.74) is 3.36. The highest BCUT2D eigenvalue weighted by Gasteiger charge is 2.47. The monoisotopic (exact) mass is 346 g/mol. The van der Waals surface area contributed by atoms with E-state index in [0.717, 1.165) is 18.2 Å². The first kappa shape index (κ1) is 15.6. The molecule has 2 aliphatic heterocycles. The maximum Gasteiger partial charge on any atom is 0.199 e. The van der Waals surface area contributed by atoms with E-state index in [9.17, 15) is 0 Å². The van der Waals surface area contributed by atoms with Gasteiger partial charge in [-0.1, -0.05) is 54.6 Å². The second-order valence-corrected chi connectivity index (χ2v) is 7.74. The van der Waals surface area contributed by atoms with Crippen LogP contribution in [0.25, 0.3) is 0 Å². The highest BCUT2D eigenvalue weighted by atomic mass is 16.5. The van der Waals surface area contributed by atoms with E-state index in [-0.39, 0.29) is 18.2 Å². The molecule has 0 saturated carbocycles. The Morgan fingerprint density at radius 2 is 1.69 bits per heavy atom. The first-order valence-corrected chi connectivity index (χ1v) is 9.22. The van der Waals surface area contributed by atoms with Crippen molar-refractivity contribution in [1.29, 1.82) is 0 Å². The Labute approximate surface area is 153 Å². The van der Waals surface area contributed by atoms with E-state index in [0.29, 0.717) is 6.61 Å². The minimum Gasteiger partial charge on any atom is -0.478 e. The molecule has 4 nitrogen and oxygen atoms in total. The summed E-state index contributed by atoms with van der Waals surface area (Å²) >= 11 is 0. The Morgan fingerprint density at radius 1 is 0.923 bits per heavy atom. The number of nitrogens with zero attached hydrogens (tertiary/aromatic N) is 2. The van der Waals surface area contributed by atoms with Crippen LogP contribution in [0.4, 0.5) is 0 Å². The van der Waals surface area contributed by atoms with Crippen LogP contribution in [0, 0.1) is 5.41 Å². The molecular formula is C22H22N2O2. The molecule has 3 aliphatic rings. The smallest absolute Gasteiger partial charge is 0.199 e. The van der Waals surface area contributed by atoms with E-state index < -0.39 is 5.41 Å². The van der Waals surface area contributed by atoms with Gasteiger partial charge in [0.1, 0.15) is 30.2 Å². The fourth-order valence-electron chi connectivity index (χ4n) is 4.06. The van der Waals surface area contributed by atoms with Crippen LogP contribution in [-0.2, 0) is 15.9 Å². The second kappa shape index (κ2) is 5.70. The lowest BCUT2D eigenvalue weighted by Gasteiger charge is -2.24. The molecule has 5 rings (SSSR count). The van der Waals surface area contributed by atoms with Crippen LogP contribution in [0.5, 0.6) is 0 Å².